The van der Waals surface area contributed by atoms with Crippen molar-refractivity contribution in [2.24, 2.45) is 11.3 Å². The molecule has 1 aliphatic heterocycles. The van der Waals surface area contributed by atoms with Crippen molar-refractivity contribution < 1.29 is 19.5 Å². The van der Waals surface area contributed by atoms with Crippen LogP contribution in [0, 0.1) is 11.3 Å². The summed E-state index contributed by atoms with van der Waals surface area (Å²) in [5.74, 6) is -0.933. The number of carboxylic acids is 1. The summed E-state index contributed by atoms with van der Waals surface area (Å²) < 4.78 is 0. The molecule has 0 aromatic heterocycles. The van der Waals surface area contributed by atoms with Gasteiger partial charge in [0.15, 0.2) is 0 Å². The van der Waals surface area contributed by atoms with E-state index in [0.717, 1.165) is 51.4 Å². The Morgan fingerprint density at radius 1 is 1.19 bits per heavy atom. The summed E-state index contributed by atoms with van der Waals surface area (Å²) in [4.78, 5) is 37.8. The van der Waals surface area contributed by atoms with Gasteiger partial charge in [0, 0.05) is 6.42 Å². The molecule has 1 N–H and O–H groups in total. The zero-order chi connectivity index (χ0) is 15.0. The maximum absolute atomic E-state index is 12.9. The van der Waals surface area contributed by atoms with Crippen LogP contribution in [0.1, 0.15) is 64.2 Å². The van der Waals surface area contributed by atoms with E-state index in [1.807, 2.05) is 0 Å². The molecule has 0 aromatic rings. The molecule has 1 unspecified atom stereocenters. The van der Waals surface area contributed by atoms with Crippen LogP contribution in [0.25, 0.3) is 0 Å². The van der Waals surface area contributed by atoms with Crippen LogP contribution in [0.3, 0.4) is 0 Å². The highest BCUT2D eigenvalue weighted by molar-refractivity contribution is 6.06. The number of hydrogen-bond acceptors (Lipinski definition) is 3. The van der Waals surface area contributed by atoms with Crippen molar-refractivity contribution in [3.05, 3.63) is 0 Å². The Balaban J connectivity index is 1.83. The molecule has 2 aliphatic carbocycles. The molecule has 5 nitrogen and oxygen atoms in total. The van der Waals surface area contributed by atoms with Gasteiger partial charge in [0.25, 0.3) is 0 Å². The molecule has 1 saturated heterocycles. The fraction of sp³-hybridized carbons (Fsp3) is 0.812. The third-order valence-electron chi connectivity index (χ3n) is 5.37. The van der Waals surface area contributed by atoms with Gasteiger partial charge in [-0.1, -0.05) is 25.7 Å². The number of imide groups is 1. The number of hydrogen-bond donors (Lipinski definition) is 1. The molecule has 1 heterocycles. The largest absolute Gasteiger partial charge is 0.481 e. The van der Waals surface area contributed by atoms with E-state index < -0.39 is 17.4 Å². The molecule has 0 radical (unpaired) electrons. The Labute approximate surface area is 124 Å². The van der Waals surface area contributed by atoms with Crippen molar-refractivity contribution in [1.29, 1.82) is 0 Å². The number of aliphatic carboxylic acids is 1. The van der Waals surface area contributed by atoms with Gasteiger partial charge in [-0.2, -0.15) is 0 Å². The molecule has 1 spiro atoms. The summed E-state index contributed by atoms with van der Waals surface area (Å²) in [6.45, 7) is 0. The fourth-order valence-corrected chi connectivity index (χ4v) is 4.08. The van der Waals surface area contributed by atoms with E-state index in [-0.39, 0.29) is 24.2 Å². The lowest BCUT2D eigenvalue weighted by atomic mass is 9.79. The highest BCUT2D eigenvalue weighted by Crippen LogP contribution is 2.48. The lowest BCUT2D eigenvalue weighted by Crippen LogP contribution is -2.44. The number of amides is 2. The molecule has 5 heteroatoms. The second-order valence-electron chi connectivity index (χ2n) is 6.94. The SMILES string of the molecule is O=C(O)CC(C1CC1)N1C(=O)CC2(CCCCCC2)C1=O. The predicted octanol–water partition coefficient (Wildman–Crippen LogP) is 2.34. The van der Waals surface area contributed by atoms with Crippen molar-refractivity contribution in [3.63, 3.8) is 0 Å². The molecule has 3 rings (SSSR count). The highest BCUT2D eigenvalue weighted by Gasteiger charge is 2.55. The molecule has 2 amide bonds. The third kappa shape index (κ3) is 2.70. The zero-order valence-electron chi connectivity index (χ0n) is 12.3. The summed E-state index contributed by atoms with van der Waals surface area (Å²) >= 11 is 0. The van der Waals surface area contributed by atoms with Crippen LogP contribution in [0.15, 0.2) is 0 Å². The van der Waals surface area contributed by atoms with Crippen molar-refractivity contribution in [1.82, 2.24) is 4.90 Å². The van der Waals surface area contributed by atoms with Gasteiger partial charge in [-0.25, -0.2) is 0 Å². The second-order valence-corrected chi connectivity index (χ2v) is 6.94. The predicted molar refractivity (Wildman–Crippen MR) is 75.4 cm³/mol. The Hall–Kier alpha value is -1.39. The van der Waals surface area contributed by atoms with Crippen molar-refractivity contribution in [3.8, 4) is 0 Å². The van der Waals surface area contributed by atoms with E-state index in [4.69, 9.17) is 5.11 Å². The summed E-state index contributed by atoms with van der Waals surface area (Å²) in [7, 11) is 0. The summed E-state index contributed by atoms with van der Waals surface area (Å²) in [5.41, 5.74) is -0.515. The van der Waals surface area contributed by atoms with E-state index in [9.17, 15) is 14.4 Å². The van der Waals surface area contributed by atoms with Gasteiger partial charge in [0.05, 0.1) is 17.9 Å². The van der Waals surface area contributed by atoms with Gasteiger partial charge < -0.3 is 5.11 Å². The topological polar surface area (TPSA) is 74.7 Å². The molecule has 3 aliphatic rings. The number of likely N-dealkylation sites (tertiary alicyclic amines) is 1. The lowest BCUT2D eigenvalue weighted by molar-refractivity contribution is -0.147. The van der Waals surface area contributed by atoms with Gasteiger partial charge in [-0.3, -0.25) is 19.3 Å². The summed E-state index contributed by atoms with van der Waals surface area (Å²) in [6, 6.07) is -0.412. The van der Waals surface area contributed by atoms with Crippen LogP contribution in [0.2, 0.25) is 0 Å². The van der Waals surface area contributed by atoms with Gasteiger partial charge in [0.2, 0.25) is 11.8 Å². The first-order chi connectivity index (χ1) is 10.0. The maximum atomic E-state index is 12.9. The average Bonchev–Trinajstić information content (AvgIpc) is 3.22. The number of carboxylic acid groups (broad SMARTS) is 1. The van der Waals surface area contributed by atoms with Crippen LogP contribution in [0.4, 0.5) is 0 Å². The normalized spacial score (nSPS) is 27.0. The van der Waals surface area contributed by atoms with E-state index in [0.29, 0.717) is 6.42 Å². The van der Waals surface area contributed by atoms with Gasteiger partial charge in [0.1, 0.15) is 0 Å². The summed E-state index contributed by atoms with van der Waals surface area (Å²) in [6.07, 6.45) is 7.91. The number of carbonyl (C=O) groups is 3. The van der Waals surface area contributed by atoms with E-state index in [2.05, 4.69) is 0 Å². The van der Waals surface area contributed by atoms with Crippen molar-refractivity contribution in [2.75, 3.05) is 0 Å². The zero-order valence-corrected chi connectivity index (χ0v) is 12.3. The first kappa shape index (κ1) is 14.5. The van der Waals surface area contributed by atoms with Crippen molar-refractivity contribution >= 4 is 17.8 Å². The first-order valence-electron chi connectivity index (χ1n) is 8.12. The van der Waals surface area contributed by atoms with Crippen LogP contribution < -0.4 is 0 Å². The minimum Gasteiger partial charge on any atom is -0.481 e. The molecule has 1 atom stereocenters. The van der Waals surface area contributed by atoms with E-state index >= 15 is 0 Å². The average molecular weight is 293 g/mol. The second kappa shape index (κ2) is 5.43. The van der Waals surface area contributed by atoms with E-state index in [1.165, 1.54) is 4.90 Å². The number of carbonyl (C=O) groups excluding carboxylic acids is 2. The molecule has 116 valence electrons. The molecule has 21 heavy (non-hydrogen) atoms. The van der Waals surface area contributed by atoms with Gasteiger partial charge in [-0.05, 0) is 31.6 Å². The highest BCUT2D eigenvalue weighted by atomic mass is 16.4. The third-order valence-corrected chi connectivity index (χ3v) is 5.37. The van der Waals surface area contributed by atoms with Crippen LogP contribution in [-0.2, 0) is 14.4 Å². The van der Waals surface area contributed by atoms with Crippen LogP contribution >= 0.6 is 0 Å². The van der Waals surface area contributed by atoms with Gasteiger partial charge in [-0.15, -0.1) is 0 Å². The Morgan fingerprint density at radius 3 is 2.33 bits per heavy atom. The molecular weight excluding hydrogens is 270 g/mol. The van der Waals surface area contributed by atoms with Crippen molar-refractivity contribution in [2.45, 2.75) is 70.3 Å². The molecule has 3 fully saturated rings. The first-order valence-corrected chi connectivity index (χ1v) is 8.12. The molecule has 0 aromatic carbocycles. The minimum atomic E-state index is -0.922. The molecule has 0 bridgehead atoms. The lowest BCUT2D eigenvalue weighted by Gasteiger charge is -2.29. The van der Waals surface area contributed by atoms with Crippen LogP contribution in [-0.4, -0.2) is 33.8 Å². The summed E-state index contributed by atoms with van der Waals surface area (Å²) in [5, 5.41) is 9.09. The van der Waals surface area contributed by atoms with Gasteiger partial charge >= 0.3 is 5.97 Å². The Morgan fingerprint density at radius 2 is 1.81 bits per heavy atom. The Kier molecular flexibility index (Phi) is 3.76. The Bertz CT molecular complexity index is 461. The quantitative estimate of drug-likeness (QED) is 0.807. The van der Waals surface area contributed by atoms with E-state index in [1.54, 1.807) is 0 Å². The standard InChI is InChI=1S/C16H23NO4/c18-13-10-16(7-3-1-2-4-8-16)15(21)17(13)12(9-14(19)20)11-5-6-11/h11-12H,1-10H2,(H,19,20). The maximum Gasteiger partial charge on any atom is 0.305 e. The smallest absolute Gasteiger partial charge is 0.305 e. The number of rotatable bonds is 4. The fourth-order valence-electron chi connectivity index (χ4n) is 4.08. The molecule has 2 saturated carbocycles. The number of nitrogens with zero attached hydrogens (tertiary/aromatic N) is 1. The minimum absolute atomic E-state index is 0.0763. The van der Waals surface area contributed by atoms with Crippen LogP contribution in [0.5, 0.6) is 0 Å². The molecular formula is C16H23NO4. The monoisotopic (exact) mass is 293 g/mol.